The maximum absolute atomic E-state index is 13.2. The number of rotatable bonds is 2. The van der Waals surface area contributed by atoms with E-state index in [0.29, 0.717) is 0 Å². The Morgan fingerprint density at radius 3 is 2.69 bits per heavy atom. The van der Waals surface area contributed by atoms with Crippen molar-refractivity contribution >= 4 is 38.9 Å². The molecule has 0 saturated heterocycles. The third-order valence-corrected chi connectivity index (χ3v) is 4.65. The number of aryl methyl sites for hydroxylation is 1. The zero-order chi connectivity index (χ0) is 11.7. The van der Waals surface area contributed by atoms with Gasteiger partial charge in [0.25, 0.3) is 0 Å². The maximum atomic E-state index is 13.2. The molecule has 0 radical (unpaired) electrons. The first-order valence-corrected chi connectivity index (χ1v) is 6.78. The van der Waals surface area contributed by atoms with Crippen LogP contribution in [0.2, 0.25) is 0 Å². The van der Waals surface area contributed by atoms with Crippen LogP contribution >= 0.6 is 38.9 Å². The number of halogens is 3. The van der Waals surface area contributed by atoms with Gasteiger partial charge in [-0.05, 0) is 58.2 Å². The first kappa shape index (κ1) is 12.1. The maximum Gasteiger partial charge on any atom is 0.123 e. The summed E-state index contributed by atoms with van der Waals surface area (Å²) in [6.07, 6.45) is 0. The third-order valence-electron chi connectivity index (χ3n) is 2.36. The van der Waals surface area contributed by atoms with Crippen LogP contribution in [0.5, 0.6) is 0 Å². The number of thiophene rings is 1. The second kappa shape index (κ2) is 4.86. The predicted octanol–water partition coefficient (Wildman–Crippen LogP) is 5.29. The number of hydrogen-bond donors (Lipinski definition) is 0. The highest BCUT2D eigenvalue weighted by Crippen LogP contribution is 2.36. The van der Waals surface area contributed by atoms with Gasteiger partial charge in [-0.2, -0.15) is 0 Å². The Labute approximate surface area is 111 Å². The molecule has 0 bridgehead atoms. The van der Waals surface area contributed by atoms with Crippen LogP contribution in [0.25, 0.3) is 0 Å². The van der Waals surface area contributed by atoms with E-state index in [1.54, 1.807) is 17.4 Å². The van der Waals surface area contributed by atoms with Crippen LogP contribution in [0.4, 0.5) is 4.39 Å². The smallest absolute Gasteiger partial charge is 0.123 e. The van der Waals surface area contributed by atoms with Gasteiger partial charge in [-0.25, -0.2) is 4.39 Å². The van der Waals surface area contributed by atoms with E-state index in [-0.39, 0.29) is 11.2 Å². The van der Waals surface area contributed by atoms with E-state index >= 15 is 0 Å². The van der Waals surface area contributed by atoms with Gasteiger partial charge >= 0.3 is 0 Å². The molecule has 0 saturated carbocycles. The molecule has 0 N–H and O–H groups in total. The fourth-order valence-corrected chi connectivity index (χ4v) is 3.36. The molecule has 0 aliphatic heterocycles. The van der Waals surface area contributed by atoms with Gasteiger partial charge in [-0.15, -0.1) is 22.9 Å². The van der Waals surface area contributed by atoms with Crippen LogP contribution in [0.3, 0.4) is 0 Å². The quantitative estimate of drug-likeness (QED) is 0.660. The number of benzene rings is 1. The lowest BCUT2D eigenvalue weighted by Gasteiger charge is -2.11. The summed E-state index contributed by atoms with van der Waals surface area (Å²) in [5, 5.41) is -0.285. The van der Waals surface area contributed by atoms with Gasteiger partial charge < -0.3 is 0 Å². The Morgan fingerprint density at radius 1 is 1.31 bits per heavy atom. The minimum Gasteiger partial charge on any atom is -0.207 e. The molecule has 2 aromatic rings. The van der Waals surface area contributed by atoms with Crippen LogP contribution in [-0.4, -0.2) is 0 Å². The Kier molecular flexibility index (Phi) is 3.67. The molecular formula is C12H9BrClFS. The van der Waals surface area contributed by atoms with Crippen LogP contribution in [0.15, 0.2) is 34.1 Å². The van der Waals surface area contributed by atoms with Crippen molar-refractivity contribution in [2.24, 2.45) is 0 Å². The van der Waals surface area contributed by atoms with E-state index in [1.165, 1.54) is 12.1 Å². The van der Waals surface area contributed by atoms with Gasteiger partial charge in [0.2, 0.25) is 0 Å². The highest BCUT2D eigenvalue weighted by Gasteiger charge is 2.15. The average molecular weight is 320 g/mol. The van der Waals surface area contributed by atoms with E-state index < -0.39 is 0 Å². The zero-order valence-corrected chi connectivity index (χ0v) is 11.7. The fourth-order valence-electron chi connectivity index (χ4n) is 1.50. The zero-order valence-electron chi connectivity index (χ0n) is 8.51. The Hall–Kier alpha value is -0.380. The molecule has 0 amide bonds. The summed E-state index contributed by atoms with van der Waals surface area (Å²) in [5.41, 5.74) is 1.84. The largest absolute Gasteiger partial charge is 0.207 e. The molecule has 16 heavy (non-hydrogen) atoms. The summed E-state index contributed by atoms with van der Waals surface area (Å²) in [6, 6.07) is 8.61. The van der Waals surface area contributed by atoms with Gasteiger partial charge in [0, 0.05) is 4.88 Å². The number of hydrogen-bond acceptors (Lipinski definition) is 1. The molecule has 0 spiro atoms. The molecule has 1 unspecified atom stereocenters. The van der Waals surface area contributed by atoms with E-state index in [0.717, 1.165) is 19.8 Å². The summed E-state index contributed by atoms with van der Waals surface area (Å²) in [5.74, 6) is -0.248. The summed E-state index contributed by atoms with van der Waals surface area (Å²) < 4.78 is 14.2. The van der Waals surface area contributed by atoms with Crippen LogP contribution in [0, 0.1) is 12.7 Å². The lowest BCUT2D eigenvalue weighted by molar-refractivity contribution is 0.625. The second-order valence-corrected chi connectivity index (χ2v) is 6.44. The van der Waals surface area contributed by atoms with Crippen molar-refractivity contribution in [1.82, 2.24) is 0 Å². The summed E-state index contributed by atoms with van der Waals surface area (Å²) >= 11 is 11.3. The minimum atomic E-state index is -0.285. The Morgan fingerprint density at radius 2 is 2.06 bits per heavy atom. The van der Waals surface area contributed by atoms with Crippen LogP contribution < -0.4 is 0 Å². The minimum absolute atomic E-state index is 0.248. The lowest BCUT2D eigenvalue weighted by atomic mass is 10.0. The molecule has 1 heterocycles. The molecule has 1 atom stereocenters. The van der Waals surface area contributed by atoms with Crippen molar-refractivity contribution in [1.29, 1.82) is 0 Å². The van der Waals surface area contributed by atoms with Crippen molar-refractivity contribution in [3.8, 4) is 0 Å². The normalized spacial score (nSPS) is 12.8. The van der Waals surface area contributed by atoms with Crippen molar-refractivity contribution in [3.63, 3.8) is 0 Å². The highest BCUT2D eigenvalue weighted by molar-refractivity contribution is 9.11. The van der Waals surface area contributed by atoms with E-state index in [2.05, 4.69) is 15.9 Å². The second-order valence-electron chi connectivity index (χ2n) is 3.51. The molecule has 0 nitrogen and oxygen atoms in total. The van der Waals surface area contributed by atoms with Gasteiger partial charge in [-0.1, -0.05) is 6.07 Å². The molecule has 1 aromatic heterocycles. The molecule has 1 aromatic carbocycles. The lowest BCUT2D eigenvalue weighted by Crippen LogP contribution is -1.95. The average Bonchev–Trinajstić information content (AvgIpc) is 2.67. The molecular weight excluding hydrogens is 311 g/mol. The van der Waals surface area contributed by atoms with Gasteiger partial charge in [0.15, 0.2) is 0 Å². The monoisotopic (exact) mass is 318 g/mol. The van der Waals surface area contributed by atoms with Crippen molar-refractivity contribution in [2.75, 3.05) is 0 Å². The van der Waals surface area contributed by atoms with Gasteiger partial charge in [0.05, 0.1) is 9.16 Å². The van der Waals surface area contributed by atoms with E-state index in [4.69, 9.17) is 11.6 Å². The predicted molar refractivity (Wildman–Crippen MR) is 70.9 cm³/mol. The van der Waals surface area contributed by atoms with E-state index in [9.17, 15) is 4.39 Å². The first-order valence-electron chi connectivity index (χ1n) is 4.73. The fraction of sp³-hybridized carbons (Fsp3) is 0.167. The molecule has 0 aliphatic rings. The summed E-state index contributed by atoms with van der Waals surface area (Å²) in [7, 11) is 0. The molecule has 2 rings (SSSR count). The Bertz CT molecular complexity index is 509. The van der Waals surface area contributed by atoms with Gasteiger partial charge in [0.1, 0.15) is 5.82 Å². The topological polar surface area (TPSA) is 0 Å². The molecule has 4 heteroatoms. The molecule has 0 aliphatic carbocycles. The van der Waals surface area contributed by atoms with E-state index in [1.807, 2.05) is 19.1 Å². The van der Waals surface area contributed by atoms with Crippen LogP contribution in [-0.2, 0) is 0 Å². The van der Waals surface area contributed by atoms with Gasteiger partial charge in [-0.3, -0.25) is 0 Å². The standard InChI is InChI=1S/C12H9BrClFS/c1-7-2-3-8(15)6-9(7)12(14)10-4-5-11(13)16-10/h2-6,12H,1H3. The first-order chi connectivity index (χ1) is 7.58. The summed E-state index contributed by atoms with van der Waals surface area (Å²) in [6.45, 7) is 1.94. The molecule has 84 valence electrons. The Balaban J connectivity index is 2.40. The number of alkyl halides is 1. The SMILES string of the molecule is Cc1ccc(F)cc1C(Cl)c1ccc(Br)s1. The van der Waals surface area contributed by atoms with Crippen molar-refractivity contribution in [2.45, 2.75) is 12.3 Å². The highest BCUT2D eigenvalue weighted by atomic mass is 79.9. The summed E-state index contributed by atoms with van der Waals surface area (Å²) in [4.78, 5) is 1.02. The van der Waals surface area contributed by atoms with Crippen LogP contribution in [0.1, 0.15) is 21.4 Å². The third kappa shape index (κ3) is 2.47. The van der Waals surface area contributed by atoms with Crippen molar-refractivity contribution < 1.29 is 4.39 Å². The molecule has 0 fully saturated rings. The van der Waals surface area contributed by atoms with Crippen molar-refractivity contribution in [3.05, 3.63) is 55.9 Å².